The van der Waals surface area contributed by atoms with E-state index in [1.807, 2.05) is 47.4 Å². The molecule has 0 saturated carbocycles. The Bertz CT molecular complexity index is 739. The topological polar surface area (TPSA) is 32.8 Å². The van der Waals surface area contributed by atoms with Gasteiger partial charge in [0.1, 0.15) is 12.4 Å². The maximum atomic E-state index is 12.7. The second kappa shape index (κ2) is 10.3. The zero-order valence-electron chi connectivity index (χ0n) is 17.1. The van der Waals surface area contributed by atoms with Gasteiger partial charge in [0.05, 0.1) is 0 Å². The fourth-order valence-corrected chi connectivity index (χ4v) is 3.95. The Kier molecular flexibility index (Phi) is 7.49. The van der Waals surface area contributed by atoms with E-state index < -0.39 is 0 Å². The zero-order valence-corrected chi connectivity index (χ0v) is 17.1. The second-order valence-corrected chi connectivity index (χ2v) is 7.59. The van der Waals surface area contributed by atoms with Crippen molar-refractivity contribution < 1.29 is 9.53 Å². The molecule has 0 atom stereocenters. The van der Waals surface area contributed by atoms with E-state index in [0.29, 0.717) is 12.6 Å². The van der Waals surface area contributed by atoms with Crippen LogP contribution in [0, 0.1) is 6.92 Å². The summed E-state index contributed by atoms with van der Waals surface area (Å²) in [6.07, 6.45) is 3.19. The molecule has 2 aromatic carbocycles. The summed E-state index contributed by atoms with van der Waals surface area (Å²) in [6, 6.07) is 18.4. The van der Waals surface area contributed by atoms with E-state index in [1.54, 1.807) is 0 Å². The quantitative estimate of drug-likeness (QED) is 0.681. The summed E-state index contributed by atoms with van der Waals surface area (Å²) in [7, 11) is 0. The molecule has 28 heavy (non-hydrogen) atoms. The number of ether oxygens (including phenoxy) is 1. The summed E-state index contributed by atoms with van der Waals surface area (Å²) in [6.45, 7) is 8.68. The van der Waals surface area contributed by atoms with Gasteiger partial charge >= 0.3 is 0 Å². The van der Waals surface area contributed by atoms with Crippen molar-refractivity contribution in [1.29, 1.82) is 0 Å². The van der Waals surface area contributed by atoms with E-state index in [2.05, 4.69) is 30.9 Å². The summed E-state index contributed by atoms with van der Waals surface area (Å²) < 4.78 is 5.97. The van der Waals surface area contributed by atoms with Gasteiger partial charge in [0.15, 0.2) is 0 Å². The minimum absolute atomic E-state index is 0.156. The van der Waals surface area contributed by atoms with E-state index in [0.717, 1.165) is 56.8 Å². The number of rotatable bonds is 8. The van der Waals surface area contributed by atoms with Gasteiger partial charge in [0, 0.05) is 31.2 Å². The third-order valence-electron chi connectivity index (χ3n) is 5.44. The lowest BCUT2D eigenvalue weighted by Gasteiger charge is -2.38. The fourth-order valence-electron chi connectivity index (χ4n) is 3.95. The lowest BCUT2D eigenvalue weighted by molar-refractivity contribution is 0.0597. The van der Waals surface area contributed by atoms with Crippen molar-refractivity contribution in [3.8, 4) is 5.75 Å². The third-order valence-corrected chi connectivity index (χ3v) is 5.44. The number of nitrogens with zero attached hydrogens (tertiary/aromatic N) is 2. The Morgan fingerprint density at radius 3 is 2.50 bits per heavy atom. The van der Waals surface area contributed by atoms with Gasteiger partial charge in [-0.25, -0.2) is 0 Å². The smallest absolute Gasteiger partial charge is 0.253 e. The molecule has 1 saturated heterocycles. The average Bonchev–Trinajstić information content (AvgIpc) is 2.73. The van der Waals surface area contributed by atoms with E-state index in [4.69, 9.17) is 4.74 Å². The molecular weight excluding hydrogens is 348 g/mol. The molecule has 0 aromatic heterocycles. The summed E-state index contributed by atoms with van der Waals surface area (Å²) in [5.74, 6) is 1.10. The fraction of sp³-hybridized carbons (Fsp3) is 0.458. The Morgan fingerprint density at radius 1 is 1.07 bits per heavy atom. The molecule has 0 N–H and O–H groups in total. The number of likely N-dealkylation sites (tertiary alicyclic amines) is 1. The Labute approximate surface area is 169 Å². The Hall–Kier alpha value is -2.33. The number of amides is 1. The SMILES string of the molecule is CCCN(CCOc1cccc(C)c1)C1CCN(C(=O)c2ccccc2)CC1. The van der Waals surface area contributed by atoms with Crippen LogP contribution >= 0.6 is 0 Å². The van der Waals surface area contributed by atoms with Crippen molar-refractivity contribution in [2.24, 2.45) is 0 Å². The maximum absolute atomic E-state index is 12.7. The number of hydrogen-bond acceptors (Lipinski definition) is 3. The molecule has 4 nitrogen and oxygen atoms in total. The molecule has 0 spiro atoms. The van der Waals surface area contributed by atoms with E-state index in [1.165, 1.54) is 5.56 Å². The minimum atomic E-state index is 0.156. The molecule has 0 bridgehead atoms. The van der Waals surface area contributed by atoms with E-state index in [-0.39, 0.29) is 5.91 Å². The molecule has 1 heterocycles. The van der Waals surface area contributed by atoms with Crippen molar-refractivity contribution in [2.75, 3.05) is 32.8 Å². The first-order valence-corrected chi connectivity index (χ1v) is 10.4. The van der Waals surface area contributed by atoms with Crippen LogP contribution in [-0.2, 0) is 0 Å². The minimum Gasteiger partial charge on any atom is -0.492 e. The molecule has 3 rings (SSSR count). The Morgan fingerprint density at radius 2 is 1.82 bits per heavy atom. The van der Waals surface area contributed by atoms with Gasteiger partial charge in [-0.15, -0.1) is 0 Å². The van der Waals surface area contributed by atoms with Crippen molar-refractivity contribution in [3.05, 3.63) is 65.7 Å². The van der Waals surface area contributed by atoms with Gasteiger partial charge in [-0.3, -0.25) is 9.69 Å². The van der Waals surface area contributed by atoms with Crippen molar-refractivity contribution in [1.82, 2.24) is 9.80 Å². The molecule has 1 amide bonds. The predicted octanol–water partition coefficient (Wildman–Crippen LogP) is 4.39. The summed E-state index contributed by atoms with van der Waals surface area (Å²) in [5.41, 5.74) is 2.01. The van der Waals surface area contributed by atoms with Crippen molar-refractivity contribution in [3.63, 3.8) is 0 Å². The number of carbonyl (C=O) groups is 1. The summed E-state index contributed by atoms with van der Waals surface area (Å²) >= 11 is 0. The molecular formula is C24H32N2O2. The molecule has 0 aliphatic carbocycles. The standard InChI is InChI=1S/C24H32N2O2/c1-3-14-25(17-18-28-23-11-7-8-20(2)19-23)22-12-15-26(16-13-22)24(27)21-9-5-4-6-10-21/h4-11,19,22H,3,12-18H2,1-2H3. The van der Waals surface area contributed by atoms with Crippen LogP contribution in [0.4, 0.5) is 0 Å². The van der Waals surface area contributed by atoms with E-state index in [9.17, 15) is 4.79 Å². The Balaban J connectivity index is 1.49. The van der Waals surface area contributed by atoms with Crippen LogP contribution in [0.3, 0.4) is 0 Å². The second-order valence-electron chi connectivity index (χ2n) is 7.59. The van der Waals surface area contributed by atoms with Crippen LogP contribution in [0.5, 0.6) is 5.75 Å². The van der Waals surface area contributed by atoms with Crippen LogP contribution in [0.15, 0.2) is 54.6 Å². The third kappa shape index (κ3) is 5.59. The lowest BCUT2D eigenvalue weighted by Crippen LogP contribution is -2.48. The zero-order chi connectivity index (χ0) is 19.8. The van der Waals surface area contributed by atoms with Gasteiger partial charge in [0.2, 0.25) is 0 Å². The highest BCUT2D eigenvalue weighted by molar-refractivity contribution is 5.94. The number of aryl methyl sites for hydroxylation is 1. The van der Waals surface area contributed by atoms with Crippen LogP contribution in [0.1, 0.15) is 42.1 Å². The largest absolute Gasteiger partial charge is 0.492 e. The van der Waals surface area contributed by atoms with E-state index >= 15 is 0 Å². The van der Waals surface area contributed by atoms with Gasteiger partial charge in [0.25, 0.3) is 5.91 Å². The highest BCUT2D eigenvalue weighted by atomic mass is 16.5. The molecule has 0 unspecified atom stereocenters. The first kappa shape index (κ1) is 20.4. The van der Waals surface area contributed by atoms with Crippen molar-refractivity contribution in [2.45, 2.75) is 39.2 Å². The van der Waals surface area contributed by atoms with Crippen LogP contribution < -0.4 is 4.74 Å². The molecule has 0 radical (unpaired) electrons. The van der Waals surface area contributed by atoms with Crippen LogP contribution in [-0.4, -0.2) is 54.5 Å². The lowest BCUT2D eigenvalue weighted by atomic mass is 10.0. The predicted molar refractivity (Wildman–Crippen MR) is 114 cm³/mol. The number of hydrogen-bond donors (Lipinski definition) is 0. The first-order valence-electron chi connectivity index (χ1n) is 10.4. The van der Waals surface area contributed by atoms with Crippen LogP contribution in [0.2, 0.25) is 0 Å². The van der Waals surface area contributed by atoms with Gasteiger partial charge < -0.3 is 9.64 Å². The number of carbonyl (C=O) groups excluding carboxylic acids is 1. The highest BCUT2D eigenvalue weighted by Crippen LogP contribution is 2.19. The molecule has 4 heteroatoms. The first-order chi connectivity index (χ1) is 13.7. The van der Waals surface area contributed by atoms with Crippen LogP contribution in [0.25, 0.3) is 0 Å². The maximum Gasteiger partial charge on any atom is 0.253 e. The highest BCUT2D eigenvalue weighted by Gasteiger charge is 2.27. The molecule has 2 aromatic rings. The average molecular weight is 381 g/mol. The number of piperidine rings is 1. The van der Waals surface area contributed by atoms with Crippen molar-refractivity contribution >= 4 is 5.91 Å². The molecule has 1 fully saturated rings. The summed E-state index contributed by atoms with van der Waals surface area (Å²) in [4.78, 5) is 17.2. The van der Waals surface area contributed by atoms with Gasteiger partial charge in [-0.2, -0.15) is 0 Å². The summed E-state index contributed by atoms with van der Waals surface area (Å²) in [5, 5.41) is 0. The van der Waals surface area contributed by atoms with Gasteiger partial charge in [-0.05, 0) is 62.6 Å². The van der Waals surface area contributed by atoms with Gasteiger partial charge in [-0.1, -0.05) is 37.3 Å². The monoisotopic (exact) mass is 380 g/mol. The molecule has 150 valence electrons. The molecule has 1 aliphatic heterocycles. The number of benzene rings is 2. The normalized spacial score (nSPS) is 15.0. The molecule has 1 aliphatic rings.